The van der Waals surface area contributed by atoms with Gasteiger partial charge >= 0.3 is 0 Å². The van der Waals surface area contributed by atoms with Crippen molar-refractivity contribution in [3.63, 3.8) is 0 Å². The highest BCUT2D eigenvalue weighted by Gasteiger charge is 2.47. The van der Waals surface area contributed by atoms with Crippen LogP contribution in [0.5, 0.6) is 0 Å². The Kier molecular flexibility index (Phi) is 18.7. The van der Waals surface area contributed by atoms with Gasteiger partial charge in [-0.25, -0.2) is 0 Å². The molecule has 0 saturated carbocycles. The van der Waals surface area contributed by atoms with Crippen LogP contribution >= 0.6 is 0 Å². The van der Waals surface area contributed by atoms with E-state index in [-0.39, 0.29) is 32.1 Å². The first-order valence-electron chi connectivity index (χ1n) is 15.6. The normalized spacial score (nSPS) is 34.1. The highest BCUT2D eigenvalue weighted by molar-refractivity contribution is 5.72. The summed E-state index contributed by atoms with van der Waals surface area (Å²) in [7, 11) is 5.41. The molecule has 0 aromatic rings. The molecule has 4 N–H and O–H groups in total. The second kappa shape index (κ2) is 21.6. The van der Waals surface area contributed by atoms with E-state index in [0.29, 0.717) is 25.1 Å². The van der Waals surface area contributed by atoms with Crippen LogP contribution in [0, 0.1) is 23.7 Å². The minimum Gasteiger partial charge on any atom is -0.394 e. The first-order chi connectivity index (χ1) is 22.7. The van der Waals surface area contributed by atoms with Crippen molar-refractivity contribution in [1.82, 2.24) is 0 Å². The van der Waals surface area contributed by atoms with Crippen molar-refractivity contribution in [3.05, 3.63) is 0 Å². The molecule has 47 heavy (non-hydrogen) atoms. The molecule has 0 radical (unpaired) electrons. The molecule has 268 valence electrons. The fourth-order valence-corrected chi connectivity index (χ4v) is 6.11. The van der Waals surface area contributed by atoms with Crippen LogP contribution in [0.15, 0.2) is 9.98 Å². The molecule has 2 heterocycles. The zero-order chi connectivity index (χ0) is 34.9. The molecule has 2 fully saturated rings. The van der Waals surface area contributed by atoms with E-state index in [0.717, 1.165) is 0 Å². The molecule has 14 unspecified atom stereocenters. The molecule has 14 atom stereocenters. The lowest BCUT2D eigenvalue weighted by atomic mass is 9.78. The van der Waals surface area contributed by atoms with Gasteiger partial charge in [0.25, 0.3) is 0 Å². The molecule has 2 aliphatic rings. The van der Waals surface area contributed by atoms with Gasteiger partial charge in [-0.1, -0.05) is 0 Å². The quantitative estimate of drug-likeness (QED) is 0.0761. The Labute approximate surface area is 274 Å². The Morgan fingerprint density at radius 1 is 0.638 bits per heavy atom. The zero-order valence-electron chi connectivity index (χ0n) is 27.3. The van der Waals surface area contributed by atoms with Gasteiger partial charge in [0.2, 0.25) is 0 Å². The van der Waals surface area contributed by atoms with E-state index in [9.17, 15) is 39.6 Å². The Morgan fingerprint density at radius 3 is 1.30 bits per heavy atom. The molecular weight excluding hydrogens is 624 g/mol. The molecule has 0 bridgehead atoms. The first-order valence-corrected chi connectivity index (χ1v) is 15.6. The topological polar surface area (TPSA) is 229 Å². The number of carbonyl (C=O) groups excluding carboxylic acids is 4. The Hall–Kier alpha value is -2.38. The molecule has 0 aliphatic carbocycles. The zero-order valence-corrected chi connectivity index (χ0v) is 27.3. The summed E-state index contributed by atoms with van der Waals surface area (Å²) >= 11 is 0. The first kappa shape index (κ1) is 40.8. The van der Waals surface area contributed by atoms with E-state index in [1.165, 1.54) is 40.9 Å². The van der Waals surface area contributed by atoms with Crippen LogP contribution < -0.4 is 0 Å². The molecule has 16 nitrogen and oxygen atoms in total. The highest BCUT2D eigenvalue weighted by atomic mass is 16.7. The van der Waals surface area contributed by atoms with E-state index in [1.807, 2.05) is 0 Å². The summed E-state index contributed by atoms with van der Waals surface area (Å²) in [5.41, 5.74) is 0. The number of ether oxygens (including phenoxy) is 6. The fraction of sp³-hybridized carbons (Fsp3) is 0.806. The average molecular weight is 675 g/mol. The number of methoxy groups -OCH3 is 4. The summed E-state index contributed by atoms with van der Waals surface area (Å²) in [4.78, 5) is 56.5. The Morgan fingerprint density at radius 2 is 1.02 bits per heavy atom. The standard InChI is InChI=1S/C31H50N2O14/c1-42-28-22(16-38)46-30(44-3)24(26(28)40)32-12-18(7-5-9-34)20(14-36)11-21(15-37)19(8-6-10-35)13-33-25-27(41)29(43-2)23(17-39)47-31(25)45-4/h9-10,12-15,18-31,38-41H,5-8,11,16-17H2,1-4H3. The number of rotatable bonds is 22. The fourth-order valence-electron chi connectivity index (χ4n) is 6.11. The molecule has 0 amide bonds. The SMILES string of the molecule is COC1OC(CO)C(OC)C(O)C1N=CC(CCC=O)C(C=O)CC(C=O)C(C=NC1C(OC)OC(CO)C(OC)C1O)CCC=O. The lowest BCUT2D eigenvalue weighted by Gasteiger charge is -2.41. The van der Waals surface area contributed by atoms with Crippen molar-refractivity contribution in [2.75, 3.05) is 41.7 Å². The number of nitrogens with zero attached hydrogens (tertiary/aromatic N) is 2. The summed E-state index contributed by atoms with van der Waals surface area (Å²) in [5, 5.41) is 41.2. The highest BCUT2D eigenvalue weighted by Crippen LogP contribution is 2.31. The summed E-state index contributed by atoms with van der Waals surface area (Å²) in [6, 6.07) is -1.99. The van der Waals surface area contributed by atoms with Gasteiger partial charge in [0.05, 0.1) is 13.2 Å². The number of aldehydes is 4. The van der Waals surface area contributed by atoms with Crippen LogP contribution in [-0.2, 0) is 47.6 Å². The monoisotopic (exact) mass is 674 g/mol. The van der Waals surface area contributed by atoms with Gasteiger partial charge in [0.15, 0.2) is 12.6 Å². The third-order valence-electron chi connectivity index (χ3n) is 8.78. The third kappa shape index (κ3) is 10.8. The van der Waals surface area contributed by atoms with Crippen LogP contribution in [0.3, 0.4) is 0 Å². The van der Waals surface area contributed by atoms with Gasteiger partial charge < -0.3 is 68.0 Å². The van der Waals surface area contributed by atoms with Gasteiger partial charge in [-0.3, -0.25) is 9.98 Å². The molecule has 2 aliphatic heterocycles. The lowest BCUT2D eigenvalue weighted by Crippen LogP contribution is -2.59. The van der Waals surface area contributed by atoms with Crippen molar-refractivity contribution in [2.45, 2.75) is 93.4 Å². The average Bonchev–Trinajstić information content (AvgIpc) is 3.09. The summed E-state index contributed by atoms with van der Waals surface area (Å²) in [6.07, 6.45) is -1.92. The van der Waals surface area contributed by atoms with Gasteiger partial charge in [0, 0.05) is 77.4 Å². The molecule has 2 saturated heterocycles. The smallest absolute Gasteiger partial charge is 0.182 e. The maximum absolute atomic E-state index is 12.5. The van der Waals surface area contributed by atoms with E-state index in [4.69, 9.17) is 28.4 Å². The maximum atomic E-state index is 12.5. The van der Waals surface area contributed by atoms with Crippen molar-refractivity contribution in [2.24, 2.45) is 33.7 Å². The van der Waals surface area contributed by atoms with Crippen LogP contribution in [0.25, 0.3) is 0 Å². The van der Waals surface area contributed by atoms with Crippen molar-refractivity contribution < 1.29 is 68.0 Å². The molecule has 16 heteroatoms. The van der Waals surface area contributed by atoms with Crippen LogP contribution in [0.1, 0.15) is 32.1 Å². The number of aliphatic hydroxyl groups is 4. The largest absolute Gasteiger partial charge is 0.394 e. The van der Waals surface area contributed by atoms with Gasteiger partial charge in [-0.05, 0) is 19.3 Å². The molecule has 0 spiro atoms. The summed E-state index contributed by atoms with van der Waals surface area (Å²) < 4.78 is 32.7. The van der Waals surface area contributed by atoms with Crippen molar-refractivity contribution in [1.29, 1.82) is 0 Å². The van der Waals surface area contributed by atoms with Gasteiger partial charge in [0.1, 0.15) is 73.9 Å². The van der Waals surface area contributed by atoms with E-state index in [1.54, 1.807) is 0 Å². The number of aliphatic hydroxyl groups excluding tert-OH is 4. The minimum atomic E-state index is -1.24. The summed E-state index contributed by atoms with van der Waals surface area (Å²) in [5.74, 6) is -2.92. The van der Waals surface area contributed by atoms with Crippen molar-refractivity contribution in [3.8, 4) is 0 Å². The van der Waals surface area contributed by atoms with E-state index < -0.39 is 98.2 Å². The Bertz CT molecular complexity index is 925. The third-order valence-corrected chi connectivity index (χ3v) is 8.78. The van der Waals surface area contributed by atoms with Crippen molar-refractivity contribution >= 4 is 37.6 Å². The predicted molar refractivity (Wildman–Crippen MR) is 165 cm³/mol. The predicted octanol–water partition coefficient (Wildman–Crippen LogP) is -1.44. The summed E-state index contributed by atoms with van der Waals surface area (Å²) in [6.45, 7) is -0.866. The molecule has 0 aromatic heterocycles. The van der Waals surface area contributed by atoms with E-state index >= 15 is 0 Å². The Balaban J connectivity index is 2.35. The van der Waals surface area contributed by atoms with Gasteiger partial charge in [-0.2, -0.15) is 0 Å². The van der Waals surface area contributed by atoms with E-state index in [2.05, 4.69) is 9.98 Å². The number of carbonyl (C=O) groups is 4. The number of hydrogen-bond acceptors (Lipinski definition) is 16. The minimum absolute atomic E-state index is 0.00745. The lowest BCUT2D eigenvalue weighted by molar-refractivity contribution is -0.262. The second-order valence-corrected chi connectivity index (χ2v) is 11.5. The van der Waals surface area contributed by atoms with Crippen LogP contribution in [0.4, 0.5) is 0 Å². The number of aliphatic imine (C=N–C) groups is 2. The van der Waals surface area contributed by atoms with Crippen LogP contribution in [-0.4, -0.2) is 161 Å². The van der Waals surface area contributed by atoms with Gasteiger partial charge in [-0.15, -0.1) is 0 Å². The molecular formula is C31H50N2O14. The number of hydrogen-bond donors (Lipinski definition) is 4. The second-order valence-electron chi connectivity index (χ2n) is 11.5. The van der Waals surface area contributed by atoms with Crippen LogP contribution in [0.2, 0.25) is 0 Å². The molecule has 0 aromatic carbocycles. The maximum Gasteiger partial charge on any atom is 0.182 e. The molecule has 2 rings (SSSR count).